The number of nitrogens with two attached hydrogens (primary N) is 1. The molecule has 0 unspecified atom stereocenters. The van der Waals surface area contributed by atoms with Gasteiger partial charge in [-0.25, -0.2) is 4.98 Å². The highest BCUT2D eigenvalue weighted by molar-refractivity contribution is 5.64. The highest BCUT2D eigenvalue weighted by Crippen LogP contribution is 2.26. The topological polar surface area (TPSA) is 57.4 Å². The van der Waals surface area contributed by atoms with E-state index in [1.165, 1.54) is 0 Å². The molecule has 4 heteroatoms. The van der Waals surface area contributed by atoms with Gasteiger partial charge in [-0.2, -0.15) is 0 Å². The molecule has 0 spiro atoms. The number of nitrogens with zero attached hydrogens (tertiary/aromatic N) is 1. The summed E-state index contributed by atoms with van der Waals surface area (Å²) in [5.74, 6) is 1.27. The SMILES string of the molecule is CCOc1cccc(-c2ccc(N)c(OC)n2)c1. The summed E-state index contributed by atoms with van der Waals surface area (Å²) in [6.45, 7) is 2.60. The van der Waals surface area contributed by atoms with Crippen LogP contribution in [0.1, 0.15) is 6.92 Å². The quantitative estimate of drug-likeness (QED) is 0.898. The van der Waals surface area contributed by atoms with Gasteiger partial charge in [0.2, 0.25) is 5.88 Å². The number of aromatic nitrogens is 1. The third-order valence-electron chi connectivity index (χ3n) is 2.52. The predicted octanol–water partition coefficient (Wildman–Crippen LogP) is 2.74. The molecule has 1 aromatic carbocycles. The number of nitrogen functional groups attached to an aromatic ring is 1. The van der Waals surface area contributed by atoms with E-state index in [4.69, 9.17) is 15.2 Å². The van der Waals surface area contributed by atoms with Crippen LogP contribution < -0.4 is 15.2 Å². The molecule has 0 amide bonds. The van der Waals surface area contributed by atoms with Gasteiger partial charge in [0.05, 0.1) is 25.1 Å². The summed E-state index contributed by atoms with van der Waals surface area (Å²) in [5.41, 5.74) is 8.05. The van der Waals surface area contributed by atoms with Crippen molar-refractivity contribution in [1.82, 2.24) is 4.98 Å². The fourth-order valence-electron chi connectivity index (χ4n) is 1.69. The van der Waals surface area contributed by atoms with Gasteiger partial charge >= 0.3 is 0 Å². The maximum absolute atomic E-state index is 5.74. The van der Waals surface area contributed by atoms with Gasteiger partial charge in [0.15, 0.2) is 0 Å². The Morgan fingerprint density at radius 1 is 1.22 bits per heavy atom. The van der Waals surface area contributed by atoms with Crippen LogP contribution in [0.3, 0.4) is 0 Å². The van der Waals surface area contributed by atoms with Gasteiger partial charge in [0.1, 0.15) is 5.75 Å². The normalized spacial score (nSPS) is 10.1. The van der Waals surface area contributed by atoms with E-state index in [1.54, 1.807) is 13.2 Å². The maximum Gasteiger partial charge on any atom is 0.237 e. The largest absolute Gasteiger partial charge is 0.494 e. The first-order valence-electron chi connectivity index (χ1n) is 5.78. The number of hydrogen-bond donors (Lipinski definition) is 1. The molecule has 0 bridgehead atoms. The summed E-state index contributed by atoms with van der Waals surface area (Å²) >= 11 is 0. The van der Waals surface area contributed by atoms with Crippen LogP contribution >= 0.6 is 0 Å². The van der Waals surface area contributed by atoms with Crippen molar-refractivity contribution in [3.63, 3.8) is 0 Å². The molecule has 0 saturated carbocycles. The summed E-state index contributed by atoms with van der Waals surface area (Å²) in [6.07, 6.45) is 0. The zero-order chi connectivity index (χ0) is 13.0. The van der Waals surface area contributed by atoms with Crippen molar-refractivity contribution in [2.45, 2.75) is 6.92 Å². The number of anilines is 1. The molecule has 4 nitrogen and oxygen atoms in total. The average molecular weight is 244 g/mol. The molecule has 2 N–H and O–H groups in total. The van der Waals surface area contributed by atoms with Crippen molar-refractivity contribution in [3.05, 3.63) is 36.4 Å². The molecule has 0 saturated heterocycles. The predicted molar refractivity (Wildman–Crippen MR) is 71.8 cm³/mol. The van der Waals surface area contributed by atoms with Crippen molar-refractivity contribution >= 4 is 5.69 Å². The van der Waals surface area contributed by atoms with Crippen molar-refractivity contribution in [2.75, 3.05) is 19.5 Å². The van der Waals surface area contributed by atoms with Crippen molar-refractivity contribution in [3.8, 4) is 22.9 Å². The van der Waals surface area contributed by atoms with Crippen LogP contribution in [0.15, 0.2) is 36.4 Å². The molecule has 0 fully saturated rings. The van der Waals surface area contributed by atoms with Crippen LogP contribution in [0.2, 0.25) is 0 Å². The number of hydrogen-bond acceptors (Lipinski definition) is 4. The van der Waals surface area contributed by atoms with E-state index in [-0.39, 0.29) is 0 Å². The van der Waals surface area contributed by atoms with Gasteiger partial charge in [-0.15, -0.1) is 0 Å². The Bertz CT molecular complexity index is 541. The molecule has 1 heterocycles. The molecular formula is C14H16N2O2. The second-order valence-electron chi connectivity index (χ2n) is 3.76. The van der Waals surface area contributed by atoms with E-state index in [0.717, 1.165) is 17.0 Å². The van der Waals surface area contributed by atoms with E-state index in [9.17, 15) is 0 Å². The molecule has 0 radical (unpaired) electrons. The Hall–Kier alpha value is -2.23. The van der Waals surface area contributed by atoms with E-state index in [0.29, 0.717) is 18.2 Å². The highest BCUT2D eigenvalue weighted by Gasteiger charge is 2.06. The lowest BCUT2D eigenvalue weighted by Crippen LogP contribution is -1.97. The molecule has 94 valence electrons. The number of benzene rings is 1. The van der Waals surface area contributed by atoms with Gasteiger partial charge in [0, 0.05) is 5.56 Å². The molecule has 18 heavy (non-hydrogen) atoms. The zero-order valence-electron chi connectivity index (χ0n) is 10.5. The molecule has 1 aromatic heterocycles. The van der Waals surface area contributed by atoms with Gasteiger partial charge < -0.3 is 15.2 Å². The van der Waals surface area contributed by atoms with E-state index < -0.39 is 0 Å². The zero-order valence-corrected chi connectivity index (χ0v) is 10.5. The molecule has 0 aliphatic carbocycles. The van der Waals surface area contributed by atoms with Gasteiger partial charge in [-0.3, -0.25) is 0 Å². The second-order valence-corrected chi connectivity index (χ2v) is 3.76. The summed E-state index contributed by atoms with van der Waals surface area (Å²) in [6, 6.07) is 11.4. The van der Waals surface area contributed by atoms with Crippen LogP contribution in [0.25, 0.3) is 11.3 Å². The van der Waals surface area contributed by atoms with Crippen LogP contribution in [0, 0.1) is 0 Å². The number of rotatable bonds is 4. The van der Waals surface area contributed by atoms with Gasteiger partial charge in [-0.1, -0.05) is 12.1 Å². The van der Waals surface area contributed by atoms with Crippen LogP contribution in [0.5, 0.6) is 11.6 Å². The lowest BCUT2D eigenvalue weighted by atomic mass is 10.1. The minimum absolute atomic E-state index is 0.439. The van der Waals surface area contributed by atoms with E-state index in [1.807, 2.05) is 37.3 Å². The van der Waals surface area contributed by atoms with Crippen molar-refractivity contribution in [2.24, 2.45) is 0 Å². The Kier molecular flexibility index (Phi) is 3.67. The smallest absolute Gasteiger partial charge is 0.237 e. The number of ether oxygens (including phenoxy) is 2. The fourth-order valence-corrected chi connectivity index (χ4v) is 1.69. The minimum Gasteiger partial charge on any atom is -0.494 e. The van der Waals surface area contributed by atoms with Crippen molar-refractivity contribution in [1.29, 1.82) is 0 Å². The summed E-state index contributed by atoms with van der Waals surface area (Å²) in [7, 11) is 1.55. The molecule has 2 rings (SSSR count). The lowest BCUT2D eigenvalue weighted by Gasteiger charge is -2.08. The molecule has 2 aromatic rings. The number of pyridine rings is 1. The van der Waals surface area contributed by atoms with Crippen LogP contribution in [0.4, 0.5) is 5.69 Å². The number of methoxy groups -OCH3 is 1. The summed E-state index contributed by atoms with van der Waals surface area (Å²) < 4.78 is 10.6. The fraction of sp³-hybridized carbons (Fsp3) is 0.214. The molecule has 0 aliphatic heterocycles. The van der Waals surface area contributed by atoms with Gasteiger partial charge in [0.25, 0.3) is 0 Å². The van der Waals surface area contributed by atoms with Crippen LogP contribution in [-0.2, 0) is 0 Å². The van der Waals surface area contributed by atoms with Crippen molar-refractivity contribution < 1.29 is 9.47 Å². The average Bonchev–Trinajstić information content (AvgIpc) is 2.40. The van der Waals surface area contributed by atoms with Gasteiger partial charge in [-0.05, 0) is 31.2 Å². The van der Waals surface area contributed by atoms with Crippen LogP contribution in [-0.4, -0.2) is 18.7 Å². The Labute approximate surface area is 106 Å². The Morgan fingerprint density at radius 2 is 2.06 bits per heavy atom. The first-order valence-corrected chi connectivity index (χ1v) is 5.78. The highest BCUT2D eigenvalue weighted by atomic mass is 16.5. The molecular weight excluding hydrogens is 228 g/mol. The summed E-state index contributed by atoms with van der Waals surface area (Å²) in [4.78, 5) is 4.36. The second kappa shape index (κ2) is 5.40. The maximum atomic E-state index is 5.74. The first kappa shape index (κ1) is 12.2. The molecule has 0 atom stereocenters. The third kappa shape index (κ3) is 2.53. The Balaban J connectivity index is 2.38. The monoisotopic (exact) mass is 244 g/mol. The molecule has 0 aliphatic rings. The first-order chi connectivity index (χ1) is 8.74. The van der Waals surface area contributed by atoms with E-state index in [2.05, 4.69) is 4.98 Å². The minimum atomic E-state index is 0.439. The lowest BCUT2D eigenvalue weighted by molar-refractivity contribution is 0.340. The Morgan fingerprint density at radius 3 is 2.78 bits per heavy atom. The standard InChI is InChI=1S/C14H16N2O2/c1-3-18-11-6-4-5-10(9-11)13-8-7-12(15)14(16-13)17-2/h4-9H,3,15H2,1-2H3. The third-order valence-corrected chi connectivity index (χ3v) is 2.52. The summed E-state index contributed by atoms with van der Waals surface area (Å²) in [5, 5.41) is 0. The van der Waals surface area contributed by atoms with E-state index >= 15 is 0 Å².